The maximum Gasteiger partial charge on any atom is -0.0467 e. The van der Waals surface area contributed by atoms with Gasteiger partial charge in [0.15, 0.2) is 0 Å². The van der Waals surface area contributed by atoms with Crippen molar-refractivity contribution in [2.45, 2.75) is 6.92 Å². The minimum Gasteiger partial charge on any atom is -0.0991 e. The van der Waals surface area contributed by atoms with Gasteiger partial charge < -0.3 is 0 Å². The molecule has 0 bridgehead atoms. The van der Waals surface area contributed by atoms with Crippen LogP contribution in [0.3, 0.4) is 0 Å². The maximum absolute atomic E-state index is 3.63. The zero-order chi connectivity index (χ0) is 46.5. The first kappa shape index (κ1) is 56.7. The molecule has 0 aromatic rings. The molecule has 0 aliphatic rings. The lowest BCUT2D eigenvalue weighted by molar-refractivity contribution is 1.73. The molecule has 0 heteroatoms. The summed E-state index contributed by atoms with van der Waals surface area (Å²) >= 11 is 0. The molecule has 0 saturated heterocycles. The molecule has 0 N–H and O–H groups in total. The highest BCUT2D eigenvalue weighted by Gasteiger charge is 1.70. The van der Waals surface area contributed by atoms with Crippen molar-refractivity contribution in [3.63, 3.8) is 0 Å². The fourth-order valence-corrected chi connectivity index (χ4v) is 3.97. The minimum absolute atomic E-state index is 1.75. The third-order valence-electron chi connectivity index (χ3n) is 7.00. The Labute approximate surface area is 394 Å². The molecular weight excluding hydrogens is 781 g/mol. The topological polar surface area (TPSA) is 0 Å². The first-order chi connectivity index (χ1) is 32.4. The quantitative estimate of drug-likeness (QED) is 0.0610. The molecule has 0 radical (unpaired) electrons. The SMILES string of the molecule is C=CC=CC=CC=CC=CC=CC=CC=CC=CC=CC=CC=CC=CC=CC=CC=CC=CC=CC=CC=CC=CC=CC=CC=CC=CC=CC=CC=CC=CC=CC=CC=CC. The van der Waals surface area contributed by atoms with Crippen LogP contribution in [0.5, 0.6) is 0 Å². The summed E-state index contributed by atoms with van der Waals surface area (Å²) < 4.78 is 0. The van der Waals surface area contributed by atoms with Gasteiger partial charge in [0, 0.05) is 0 Å². The van der Waals surface area contributed by atoms with Crippen LogP contribution in [0.4, 0.5) is 0 Å². The van der Waals surface area contributed by atoms with Crippen molar-refractivity contribution in [3.05, 3.63) is 389 Å². The Hall–Kier alpha value is -8.32. The van der Waals surface area contributed by atoms with E-state index in [1.54, 1.807) is 6.08 Å². The molecule has 0 aromatic carbocycles. The van der Waals surface area contributed by atoms with Gasteiger partial charge in [0.2, 0.25) is 0 Å². The number of allylic oxidation sites excluding steroid dienone is 63. The lowest BCUT2D eigenvalue weighted by atomic mass is 10.3. The molecule has 65 heavy (non-hydrogen) atoms. The summed E-state index contributed by atoms with van der Waals surface area (Å²) in [4.78, 5) is 0. The van der Waals surface area contributed by atoms with E-state index in [1.807, 2.05) is 384 Å². The van der Waals surface area contributed by atoms with Crippen molar-refractivity contribution >= 4 is 0 Å². The van der Waals surface area contributed by atoms with Crippen LogP contribution in [-0.2, 0) is 0 Å². The van der Waals surface area contributed by atoms with Crippen LogP contribution >= 0.6 is 0 Å². The zero-order valence-electron chi connectivity index (χ0n) is 38.1. The van der Waals surface area contributed by atoms with Gasteiger partial charge in [-0.15, -0.1) is 0 Å². The van der Waals surface area contributed by atoms with Crippen LogP contribution in [0.1, 0.15) is 6.92 Å². The van der Waals surface area contributed by atoms with E-state index < -0.39 is 0 Å². The van der Waals surface area contributed by atoms with E-state index in [1.165, 1.54) is 0 Å². The number of hydrogen-bond donors (Lipinski definition) is 0. The van der Waals surface area contributed by atoms with E-state index in [0.29, 0.717) is 0 Å². The lowest BCUT2D eigenvalue weighted by Gasteiger charge is -1.77. The van der Waals surface area contributed by atoms with Crippen molar-refractivity contribution < 1.29 is 0 Å². The largest absolute Gasteiger partial charge is 0.0991 e. The summed E-state index contributed by atoms with van der Waals surface area (Å²) in [5, 5.41) is 0. The van der Waals surface area contributed by atoms with Crippen LogP contribution < -0.4 is 0 Å². The molecule has 0 heterocycles. The second kappa shape index (κ2) is 55.7. The zero-order valence-corrected chi connectivity index (χ0v) is 38.1. The van der Waals surface area contributed by atoms with E-state index in [9.17, 15) is 0 Å². The predicted octanol–water partition coefficient (Wildman–Crippen LogP) is 18.4. The third-order valence-corrected chi connectivity index (χ3v) is 7.00. The molecule has 0 aliphatic heterocycles. The van der Waals surface area contributed by atoms with Crippen molar-refractivity contribution in [1.29, 1.82) is 0 Å². The third kappa shape index (κ3) is 55.7. The van der Waals surface area contributed by atoms with E-state index in [4.69, 9.17) is 0 Å². The molecule has 0 spiro atoms. The Kier molecular flexibility index (Phi) is 48.6. The highest BCUT2D eigenvalue weighted by atomic mass is 13.8. The molecular formula is C65H68. The van der Waals surface area contributed by atoms with Crippen LogP contribution in [0.15, 0.2) is 389 Å². The van der Waals surface area contributed by atoms with Gasteiger partial charge in [-0.2, -0.15) is 0 Å². The Morgan fingerprint density at radius 3 is 0.277 bits per heavy atom. The highest BCUT2D eigenvalue weighted by Crippen LogP contribution is 1.92. The molecule has 0 nitrogen and oxygen atoms in total. The summed E-state index contributed by atoms with van der Waals surface area (Å²) in [5.41, 5.74) is 0. The molecule has 0 amide bonds. The second-order valence-electron chi connectivity index (χ2n) is 12.3. The predicted molar refractivity (Wildman–Crippen MR) is 299 cm³/mol. The normalized spacial score (nSPS) is 15.5. The monoisotopic (exact) mass is 849 g/mol. The van der Waals surface area contributed by atoms with Gasteiger partial charge in [0.05, 0.1) is 0 Å². The highest BCUT2D eigenvalue weighted by molar-refractivity contribution is 5.27. The summed E-state index contributed by atoms with van der Waals surface area (Å²) in [5.74, 6) is 0. The lowest BCUT2D eigenvalue weighted by Crippen LogP contribution is -1.55. The molecule has 0 saturated carbocycles. The molecule has 0 atom stereocenters. The van der Waals surface area contributed by atoms with E-state index in [2.05, 4.69) is 6.58 Å². The van der Waals surface area contributed by atoms with Crippen LogP contribution in [-0.4, -0.2) is 0 Å². The first-order valence-electron chi connectivity index (χ1n) is 21.7. The van der Waals surface area contributed by atoms with Gasteiger partial charge in [-0.1, -0.05) is 389 Å². The fraction of sp³-hybridized carbons (Fsp3) is 0.0154. The Bertz CT molecular complexity index is 2180. The van der Waals surface area contributed by atoms with Gasteiger partial charge in [0.1, 0.15) is 0 Å². The summed E-state index contributed by atoms with van der Waals surface area (Å²) in [7, 11) is 0. The minimum atomic E-state index is 1.75. The molecule has 0 fully saturated rings. The van der Waals surface area contributed by atoms with Crippen molar-refractivity contribution in [2.24, 2.45) is 0 Å². The standard InChI is InChI=1S/C65H68/c1-3-5-7-9-11-13-15-17-19-21-23-25-27-29-31-33-35-37-39-41-43-45-47-49-51-53-55-57-59-61-63-65-64-62-60-58-56-54-52-50-48-46-44-42-40-38-36-34-32-30-28-26-24-22-20-18-16-14-12-10-8-6-4-2/h3-65H,1H2,2H3. The van der Waals surface area contributed by atoms with Crippen LogP contribution in [0.25, 0.3) is 0 Å². The Morgan fingerprint density at radius 2 is 0.200 bits per heavy atom. The van der Waals surface area contributed by atoms with Gasteiger partial charge in [0.25, 0.3) is 0 Å². The summed E-state index contributed by atoms with van der Waals surface area (Å²) in [6, 6.07) is 0. The second-order valence-corrected chi connectivity index (χ2v) is 12.3. The van der Waals surface area contributed by atoms with Crippen LogP contribution in [0.2, 0.25) is 0 Å². The molecule has 0 aromatic heterocycles. The molecule has 0 rings (SSSR count). The van der Waals surface area contributed by atoms with Crippen LogP contribution in [0, 0.1) is 0 Å². The van der Waals surface area contributed by atoms with Gasteiger partial charge in [-0.25, -0.2) is 0 Å². The maximum atomic E-state index is 3.63. The number of hydrogen-bond acceptors (Lipinski definition) is 0. The van der Waals surface area contributed by atoms with E-state index in [-0.39, 0.29) is 0 Å². The average molecular weight is 849 g/mol. The van der Waals surface area contributed by atoms with E-state index in [0.717, 1.165) is 0 Å². The summed E-state index contributed by atoms with van der Waals surface area (Å²) in [6.45, 7) is 5.63. The number of rotatable bonds is 31. The molecule has 0 aliphatic carbocycles. The summed E-state index contributed by atoms with van der Waals surface area (Å²) in [6.07, 6.45) is 125. The van der Waals surface area contributed by atoms with Crippen molar-refractivity contribution in [1.82, 2.24) is 0 Å². The van der Waals surface area contributed by atoms with Gasteiger partial charge >= 0.3 is 0 Å². The molecule has 0 unspecified atom stereocenters. The van der Waals surface area contributed by atoms with Gasteiger partial charge in [-0.05, 0) is 6.92 Å². The Morgan fingerprint density at radius 1 is 0.123 bits per heavy atom. The van der Waals surface area contributed by atoms with E-state index >= 15 is 0 Å². The Balaban J connectivity index is 4.08. The van der Waals surface area contributed by atoms with Crippen molar-refractivity contribution in [2.75, 3.05) is 0 Å². The van der Waals surface area contributed by atoms with Crippen molar-refractivity contribution in [3.8, 4) is 0 Å². The first-order valence-corrected chi connectivity index (χ1v) is 21.7. The average Bonchev–Trinajstić information content (AvgIpc) is 3.32. The smallest absolute Gasteiger partial charge is 0.0467 e. The van der Waals surface area contributed by atoms with Gasteiger partial charge in [-0.3, -0.25) is 0 Å². The fourth-order valence-electron chi connectivity index (χ4n) is 3.97. The molecule has 328 valence electrons.